The van der Waals surface area contributed by atoms with E-state index < -0.39 is 30.1 Å². The topological polar surface area (TPSA) is 108 Å². The van der Waals surface area contributed by atoms with Crippen LogP contribution in [-0.4, -0.2) is 46.9 Å². The minimum absolute atomic E-state index is 0.126. The van der Waals surface area contributed by atoms with Crippen LogP contribution in [0.25, 0.3) is 0 Å². The molecule has 0 aromatic carbocycles. The van der Waals surface area contributed by atoms with E-state index in [4.69, 9.17) is 0 Å². The zero-order chi connectivity index (χ0) is 17.0. The highest BCUT2D eigenvalue weighted by Crippen LogP contribution is 2.27. The van der Waals surface area contributed by atoms with Crippen molar-refractivity contribution >= 4 is 23.9 Å². The van der Waals surface area contributed by atoms with E-state index in [0.717, 1.165) is 30.6 Å². The van der Waals surface area contributed by atoms with E-state index in [1.165, 1.54) is 0 Å². The summed E-state index contributed by atoms with van der Waals surface area (Å²) in [5.41, 5.74) is -0.920. The largest absolute Gasteiger partial charge is 0.335 e. The van der Waals surface area contributed by atoms with E-state index in [2.05, 4.69) is 16.0 Å². The third kappa shape index (κ3) is 4.00. The number of carbonyl (C=O) groups is 4. The first-order chi connectivity index (χ1) is 10.9. The maximum Gasteiger partial charge on any atom is 0.325 e. The summed E-state index contributed by atoms with van der Waals surface area (Å²) in [7, 11) is 0. The maximum atomic E-state index is 12.6. The first kappa shape index (κ1) is 17.2. The first-order valence-electron chi connectivity index (χ1n) is 8.16. The standard InChI is InChI=1S/C15H24N4O4/c1-3-7-15(8-4-2)12(21)19(14(23)18-15)9-11(20)17-13(22)16-10-5-6-10/h10H,3-9H2,1-2H3,(H,18,23)(H2,16,17,20,22). The van der Waals surface area contributed by atoms with Gasteiger partial charge >= 0.3 is 12.1 Å². The van der Waals surface area contributed by atoms with Crippen molar-refractivity contribution in [2.24, 2.45) is 0 Å². The molecule has 0 atom stereocenters. The lowest BCUT2D eigenvalue weighted by Crippen LogP contribution is -2.48. The number of nitrogens with zero attached hydrogens (tertiary/aromatic N) is 1. The fourth-order valence-electron chi connectivity index (χ4n) is 2.90. The Balaban J connectivity index is 1.95. The fourth-order valence-corrected chi connectivity index (χ4v) is 2.90. The van der Waals surface area contributed by atoms with Crippen molar-refractivity contribution in [3.63, 3.8) is 0 Å². The van der Waals surface area contributed by atoms with E-state index in [0.29, 0.717) is 12.8 Å². The zero-order valence-electron chi connectivity index (χ0n) is 13.6. The van der Waals surface area contributed by atoms with E-state index in [9.17, 15) is 19.2 Å². The molecule has 1 aliphatic heterocycles. The molecule has 0 aromatic heterocycles. The van der Waals surface area contributed by atoms with Crippen molar-refractivity contribution in [2.75, 3.05) is 6.54 Å². The van der Waals surface area contributed by atoms with Gasteiger partial charge in [0.05, 0.1) is 0 Å². The molecule has 0 bridgehead atoms. The summed E-state index contributed by atoms with van der Waals surface area (Å²) < 4.78 is 0. The zero-order valence-corrected chi connectivity index (χ0v) is 13.6. The van der Waals surface area contributed by atoms with Crippen LogP contribution in [0.5, 0.6) is 0 Å². The van der Waals surface area contributed by atoms with Gasteiger partial charge in [-0.3, -0.25) is 19.8 Å². The van der Waals surface area contributed by atoms with Crippen molar-refractivity contribution < 1.29 is 19.2 Å². The quantitative estimate of drug-likeness (QED) is 0.604. The molecule has 3 N–H and O–H groups in total. The number of amides is 6. The van der Waals surface area contributed by atoms with Crippen molar-refractivity contribution in [3.05, 3.63) is 0 Å². The first-order valence-corrected chi connectivity index (χ1v) is 8.16. The Morgan fingerprint density at radius 3 is 2.35 bits per heavy atom. The van der Waals surface area contributed by atoms with Crippen LogP contribution in [0, 0.1) is 0 Å². The molecule has 128 valence electrons. The number of nitrogens with one attached hydrogen (secondary N) is 3. The third-order valence-electron chi connectivity index (χ3n) is 4.07. The van der Waals surface area contributed by atoms with Crippen LogP contribution in [0.3, 0.4) is 0 Å². The second-order valence-corrected chi connectivity index (χ2v) is 6.20. The second kappa shape index (κ2) is 6.97. The lowest BCUT2D eigenvalue weighted by atomic mass is 9.88. The van der Waals surface area contributed by atoms with Crippen LogP contribution in [0.1, 0.15) is 52.4 Å². The van der Waals surface area contributed by atoms with Crippen LogP contribution < -0.4 is 16.0 Å². The molecular weight excluding hydrogens is 300 g/mol. The van der Waals surface area contributed by atoms with Crippen LogP contribution in [-0.2, 0) is 9.59 Å². The van der Waals surface area contributed by atoms with Gasteiger partial charge in [0, 0.05) is 6.04 Å². The smallest absolute Gasteiger partial charge is 0.325 e. The lowest BCUT2D eigenvalue weighted by molar-refractivity contribution is -0.135. The number of hydrogen-bond acceptors (Lipinski definition) is 4. The number of imide groups is 2. The predicted molar refractivity (Wildman–Crippen MR) is 82.5 cm³/mol. The maximum absolute atomic E-state index is 12.6. The molecule has 1 saturated heterocycles. The Kier molecular flexibility index (Phi) is 5.23. The normalized spacial score (nSPS) is 19.5. The Hall–Kier alpha value is -2.12. The number of urea groups is 2. The summed E-state index contributed by atoms with van der Waals surface area (Å²) in [4.78, 5) is 49.0. The van der Waals surface area contributed by atoms with E-state index in [1.54, 1.807) is 0 Å². The molecule has 2 fully saturated rings. The van der Waals surface area contributed by atoms with Crippen molar-refractivity contribution in [1.82, 2.24) is 20.9 Å². The van der Waals surface area contributed by atoms with Gasteiger partial charge in [0.15, 0.2) is 0 Å². The van der Waals surface area contributed by atoms with Gasteiger partial charge in [0.1, 0.15) is 12.1 Å². The summed E-state index contributed by atoms with van der Waals surface area (Å²) in [6.07, 6.45) is 4.37. The molecule has 2 rings (SSSR count). The van der Waals surface area contributed by atoms with Gasteiger partial charge in [0.2, 0.25) is 5.91 Å². The molecule has 0 radical (unpaired) electrons. The molecule has 23 heavy (non-hydrogen) atoms. The third-order valence-corrected chi connectivity index (χ3v) is 4.07. The van der Waals surface area contributed by atoms with Gasteiger partial charge in [-0.15, -0.1) is 0 Å². The monoisotopic (exact) mass is 324 g/mol. The predicted octanol–water partition coefficient (Wildman–Crippen LogP) is 0.865. The summed E-state index contributed by atoms with van der Waals surface area (Å²) in [5.74, 6) is -1.06. The molecule has 1 heterocycles. The average molecular weight is 324 g/mol. The van der Waals surface area contributed by atoms with Crippen molar-refractivity contribution in [3.8, 4) is 0 Å². The molecular formula is C15H24N4O4. The van der Waals surface area contributed by atoms with Gasteiger partial charge in [-0.2, -0.15) is 0 Å². The highest BCUT2D eigenvalue weighted by atomic mass is 16.2. The molecule has 6 amide bonds. The minimum atomic E-state index is -0.920. The Morgan fingerprint density at radius 1 is 1.22 bits per heavy atom. The van der Waals surface area contributed by atoms with Crippen LogP contribution in [0.15, 0.2) is 0 Å². The van der Waals surface area contributed by atoms with E-state index >= 15 is 0 Å². The number of rotatable bonds is 7. The van der Waals surface area contributed by atoms with Gasteiger partial charge in [-0.25, -0.2) is 9.59 Å². The molecule has 8 heteroatoms. The van der Waals surface area contributed by atoms with Crippen molar-refractivity contribution in [1.29, 1.82) is 0 Å². The van der Waals surface area contributed by atoms with Gasteiger partial charge in [-0.1, -0.05) is 26.7 Å². The molecule has 8 nitrogen and oxygen atoms in total. The van der Waals surface area contributed by atoms with Crippen LogP contribution in [0.4, 0.5) is 9.59 Å². The molecule has 0 spiro atoms. The highest BCUT2D eigenvalue weighted by molar-refractivity contribution is 6.10. The van der Waals surface area contributed by atoms with Crippen molar-refractivity contribution in [2.45, 2.75) is 64.0 Å². The minimum Gasteiger partial charge on any atom is -0.335 e. The molecule has 0 unspecified atom stereocenters. The fraction of sp³-hybridized carbons (Fsp3) is 0.733. The summed E-state index contributed by atoms with van der Waals surface area (Å²) >= 11 is 0. The van der Waals surface area contributed by atoms with E-state index in [1.807, 2.05) is 13.8 Å². The summed E-state index contributed by atoms with van der Waals surface area (Å²) in [5, 5.41) is 7.49. The van der Waals surface area contributed by atoms with Gasteiger partial charge < -0.3 is 10.6 Å². The number of hydrogen-bond donors (Lipinski definition) is 3. The van der Waals surface area contributed by atoms with Crippen LogP contribution >= 0.6 is 0 Å². The van der Waals surface area contributed by atoms with Gasteiger partial charge in [-0.05, 0) is 25.7 Å². The van der Waals surface area contributed by atoms with Crippen LogP contribution in [0.2, 0.25) is 0 Å². The highest BCUT2D eigenvalue weighted by Gasteiger charge is 2.50. The average Bonchev–Trinajstić information content (AvgIpc) is 3.24. The Morgan fingerprint density at radius 2 is 1.83 bits per heavy atom. The summed E-state index contributed by atoms with van der Waals surface area (Å²) in [6, 6.07) is -1.03. The Labute approximate surface area is 135 Å². The van der Waals surface area contributed by atoms with Gasteiger partial charge in [0.25, 0.3) is 5.91 Å². The SMILES string of the molecule is CCCC1(CCC)NC(=O)N(CC(=O)NC(=O)NC2CC2)C1=O. The molecule has 1 saturated carbocycles. The molecule has 1 aliphatic carbocycles. The lowest BCUT2D eigenvalue weighted by Gasteiger charge is -2.25. The number of carbonyl (C=O) groups excluding carboxylic acids is 4. The molecule has 0 aromatic rings. The second-order valence-electron chi connectivity index (χ2n) is 6.20. The van der Waals surface area contributed by atoms with E-state index in [-0.39, 0.29) is 11.9 Å². The molecule has 2 aliphatic rings. The Bertz CT molecular complexity index is 510. The summed E-state index contributed by atoms with van der Waals surface area (Å²) in [6.45, 7) is 3.43.